The van der Waals surface area contributed by atoms with Gasteiger partial charge in [0.25, 0.3) is 0 Å². The molecule has 17 heavy (non-hydrogen) atoms. The number of aliphatic hydroxyl groups is 1. The van der Waals surface area contributed by atoms with E-state index in [2.05, 4.69) is 28.1 Å². The monoisotopic (exact) mass is 286 g/mol. The van der Waals surface area contributed by atoms with Crippen molar-refractivity contribution in [3.63, 3.8) is 0 Å². The van der Waals surface area contributed by atoms with Gasteiger partial charge in [0.15, 0.2) is 0 Å². The van der Waals surface area contributed by atoms with E-state index in [-0.39, 0.29) is 0 Å². The maximum atomic E-state index is 10.5. The molecular formula is C15H11BrO. The Bertz CT molecular complexity index is 602. The molecule has 84 valence electrons. The van der Waals surface area contributed by atoms with Crippen LogP contribution in [0.1, 0.15) is 28.4 Å². The van der Waals surface area contributed by atoms with Crippen molar-refractivity contribution in [1.82, 2.24) is 0 Å². The lowest BCUT2D eigenvalue weighted by molar-refractivity contribution is 0.220. The van der Waals surface area contributed by atoms with Gasteiger partial charge in [0.2, 0.25) is 0 Å². The van der Waals surface area contributed by atoms with Gasteiger partial charge in [0, 0.05) is 4.47 Å². The lowest BCUT2D eigenvalue weighted by Gasteiger charge is -2.14. The van der Waals surface area contributed by atoms with Crippen molar-refractivity contribution in [2.75, 3.05) is 0 Å². The molecule has 3 rings (SSSR count). The van der Waals surface area contributed by atoms with Gasteiger partial charge >= 0.3 is 0 Å². The minimum Gasteiger partial charge on any atom is -0.384 e. The molecule has 1 unspecified atom stereocenters. The maximum Gasteiger partial charge on any atom is 0.105 e. The van der Waals surface area contributed by atoms with Crippen molar-refractivity contribution in [2.24, 2.45) is 0 Å². The van der Waals surface area contributed by atoms with Crippen LogP contribution in [0, 0.1) is 0 Å². The molecular weight excluding hydrogens is 276 g/mol. The van der Waals surface area contributed by atoms with Crippen molar-refractivity contribution in [3.8, 4) is 0 Å². The average molecular weight is 287 g/mol. The van der Waals surface area contributed by atoms with Crippen LogP contribution in [-0.2, 0) is 0 Å². The minimum atomic E-state index is -0.561. The first-order chi connectivity index (χ1) is 8.25. The molecule has 0 amide bonds. The maximum absolute atomic E-state index is 10.5. The van der Waals surface area contributed by atoms with Crippen LogP contribution in [0.4, 0.5) is 0 Å². The van der Waals surface area contributed by atoms with Gasteiger partial charge in [0.1, 0.15) is 6.10 Å². The highest BCUT2D eigenvalue weighted by Gasteiger charge is 2.18. The molecule has 0 saturated carbocycles. The Kier molecular flexibility index (Phi) is 2.61. The van der Waals surface area contributed by atoms with Crippen molar-refractivity contribution in [2.45, 2.75) is 6.10 Å². The van der Waals surface area contributed by atoms with E-state index in [0.717, 1.165) is 26.7 Å². The number of hydrogen-bond donors (Lipinski definition) is 1. The topological polar surface area (TPSA) is 20.2 Å². The van der Waals surface area contributed by atoms with Gasteiger partial charge in [-0.05, 0) is 34.4 Å². The van der Waals surface area contributed by atoms with Crippen LogP contribution in [-0.4, -0.2) is 5.11 Å². The van der Waals surface area contributed by atoms with Gasteiger partial charge in [-0.3, -0.25) is 0 Å². The van der Waals surface area contributed by atoms with E-state index < -0.39 is 6.10 Å². The predicted octanol–water partition coefficient (Wildman–Crippen LogP) is 4.01. The molecule has 1 aliphatic carbocycles. The van der Waals surface area contributed by atoms with Crippen LogP contribution < -0.4 is 0 Å². The Hall–Kier alpha value is -1.38. The minimum absolute atomic E-state index is 0.561. The second kappa shape index (κ2) is 4.13. The first-order valence-electron chi connectivity index (χ1n) is 5.50. The molecule has 1 atom stereocenters. The Morgan fingerprint density at radius 1 is 0.882 bits per heavy atom. The van der Waals surface area contributed by atoms with E-state index in [1.165, 1.54) is 0 Å². The Morgan fingerprint density at radius 2 is 1.59 bits per heavy atom. The van der Waals surface area contributed by atoms with Crippen molar-refractivity contribution in [3.05, 3.63) is 69.2 Å². The molecule has 1 N–H and O–H groups in total. The van der Waals surface area contributed by atoms with Crippen LogP contribution >= 0.6 is 15.9 Å². The van der Waals surface area contributed by atoms with Gasteiger partial charge < -0.3 is 5.11 Å². The molecule has 2 aromatic carbocycles. The fraction of sp³-hybridized carbons (Fsp3) is 0.0667. The number of aliphatic hydroxyl groups excluding tert-OH is 1. The standard InChI is InChI=1S/C15H11BrO/c16-12-8-7-11-6-5-10-3-1-2-4-13(10)15(17)14(11)9-12/h1-9,15,17H. The van der Waals surface area contributed by atoms with Crippen molar-refractivity contribution >= 4 is 28.1 Å². The third-order valence-electron chi connectivity index (χ3n) is 3.08. The highest BCUT2D eigenvalue weighted by Crippen LogP contribution is 2.33. The van der Waals surface area contributed by atoms with E-state index in [9.17, 15) is 5.11 Å². The van der Waals surface area contributed by atoms with Crippen LogP contribution in [0.2, 0.25) is 0 Å². The lowest BCUT2D eigenvalue weighted by Crippen LogP contribution is -2.02. The van der Waals surface area contributed by atoms with E-state index in [1.54, 1.807) is 0 Å². The zero-order valence-electron chi connectivity index (χ0n) is 9.10. The molecule has 1 nitrogen and oxygen atoms in total. The van der Waals surface area contributed by atoms with E-state index in [0.29, 0.717) is 0 Å². The molecule has 0 heterocycles. The van der Waals surface area contributed by atoms with Gasteiger partial charge in [-0.2, -0.15) is 0 Å². The van der Waals surface area contributed by atoms with E-state index in [1.807, 2.05) is 42.5 Å². The highest BCUT2D eigenvalue weighted by atomic mass is 79.9. The fourth-order valence-electron chi connectivity index (χ4n) is 2.19. The van der Waals surface area contributed by atoms with Gasteiger partial charge in [0.05, 0.1) is 0 Å². The second-order valence-electron chi connectivity index (χ2n) is 4.14. The summed E-state index contributed by atoms with van der Waals surface area (Å²) < 4.78 is 0.989. The quantitative estimate of drug-likeness (QED) is 0.776. The highest BCUT2D eigenvalue weighted by molar-refractivity contribution is 9.10. The van der Waals surface area contributed by atoms with Crippen LogP contribution in [0.3, 0.4) is 0 Å². The van der Waals surface area contributed by atoms with Crippen LogP contribution in [0.25, 0.3) is 12.2 Å². The van der Waals surface area contributed by atoms with Gasteiger partial charge in [-0.1, -0.05) is 58.4 Å². The number of benzene rings is 2. The smallest absolute Gasteiger partial charge is 0.105 e. The molecule has 0 saturated heterocycles. The molecule has 0 spiro atoms. The van der Waals surface area contributed by atoms with Crippen molar-refractivity contribution in [1.29, 1.82) is 0 Å². The number of hydrogen-bond acceptors (Lipinski definition) is 1. The van der Waals surface area contributed by atoms with Crippen LogP contribution in [0.15, 0.2) is 46.9 Å². The zero-order chi connectivity index (χ0) is 11.8. The summed E-state index contributed by atoms with van der Waals surface area (Å²) >= 11 is 3.45. The molecule has 0 fully saturated rings. The number of rotatable bonds is 0. The molecule has 0 radical (unpaired) electrons. The molecule has 0 aliphatic heterocycles. The summed E-state index contributed by atoms with van der Waals surface area (Å²) in [5.74, 6) is 0. The van der Waals surface area contributed by atoms with E-state index in [4.69, 9.17) is 0 Å². The first kappa shape index (κ1) is 10.8. The number of fused-ring (bicyclic) bond motifs is 2. The summed E-state index contributed by atoms with van der Waals surface area (Å²) in [6.45, 7) is 0. The Balaban J connectivity index is 2.25. The van der Waals surface area contributed by atoms with Crippen molar-refractivity contribution < 1.29 is 5.11 Å². The van der Waals surface area contributed by atoms with Gasteiger partial charge in [-0.25, -0.2) is 0 Å². The summed E-state index contributed by atoms with van der Waals surface area (Å²) in [5.41, 5.74) is 4.05. The summed E-state index contributed by atoms with van der Waals surface area (Å²) in [7, 11) is 0. The molecule has 2 aromatic rings. The SMILES string of the molecule is OC1c2ccccc2C=Cc2ccc(Br)cc21. The normalized spacial score (nSPS) is 17.2. The third kappa shape index (κ3) is 1.84. The molecule has 0 aromatic heterocycles. The molecule has 2 heteroatoms. The lowest BCUT2D eigenvalue weighted by atomic mass is 9.97. The second-order valence-corrected chi connectivity index (χ2v) is 5.05. The fourth-order valence-corrected chi connectivity index (χ4v) is 2.57. The largest absolute Gasteiger partial charge is 0.384 e. The zero-order valence-corrected chi connectivity index (χ0v) is 10.7. The Morgan fingerprint density at radius 3 is 2.41 bits per heavy atom. The number of halogens is 1. The average Bonchev–Trinajstić information content (AvgIpc) is 2.49. The summed E-state index contributed by atoms with van der Waals surface area (Å²) in [5, 5.41) is 10.5. The molecule has 0 bridgehead atoms. The van der Waals surface area contributed by atoms with E-state index >= 15 is 0 Å². The molecule has 1 aliphatic rings. The summed E-state index contributed by atoms with van der Waals surface area (Å²) in [6, 6.07) is 13.9. The van der Waals surface area contributed by atoms with Crippen LogP contribution in [0.5, 0.6) is 0 Å². The first-order valence-corrected chi connectivity index (χ1v) is 6.29. The Labute approximate surface area is 109 Å². The van der Waals surface area contributed by atoms with Gasteiger partial charge in [-0.15, -0.1) is 0 Å². The predicted molar refractivity (Wildman–Crippen MR) is 73.6 cm³/mol. The summed E-state index contributed by atoms with van der Waals surface area (Å²) in [4.78, 5) is 0. The summed E-state index contributed by atoms with van der Waals surface area (Å²) in [6.07, 6.45) is 3.54. The third-order valence-corrected chi connectivity index (χ3v) is 3.57.